The standard InChI is InChI=1S/C14H12BrClN2O3/c1-21-13-6-10(15)5-11(7-13)17-8-9-4-12(18(19)20)2-3-14(9)16/h2-7,17H,8H2,1H3. The number of nitro groups is 1. The van der Waals surface area contributed by atoms with Gasteiger partial charge < -0.3 is 10.1 Å². The first-order chi connectivity index (χ1) is 9.99. The van der Waals surface area contributed by atoms with Gasteiger partial charge in [-0.05, 0) is 23.8 Å². The van der Waals surface area contributed by atoms with Crippen LogP contribution in [0.15, 0.2) is 40.9 Å². The molecule has 0 amide bonds. The summed E-state index contributed by atoms with van der Waals surface area (Å²) in [5.41, 5.74) is 1.50. The summed E-state index contributed by atoms with van der Waals surface area (Å²) in [6.45, 7) is 0.375. The molecular weight excluding hydrogens is 360 g/mol. The number of hydrogen-bond donors (Lipinski definition) is 1. The van der Waals surface area contributed by atoms with Gasteiger partial charge in [0.15, 0.2) is 0 Å². The lowest BCUT2D eigenvalue weighted by Gasteiger charge is -2.10. The van der Waals surface area contributed by atoms with E-state index in [1.54, 1.807) is 7.11 Å². The number of nitrogens with zero attached hydrogens (tertiary/aromatic N) is 1. The van der Waals surface area contributed by atoms with Crippen molar-refractivity contribution in [2.75, 3.05) is 12.4 Å². The van der Waals surface area contributed by atoms with Gasteiger partial charge in [0.05, 0.1) is 12.0 Å². The normalized spacial score (nSPS) is 10.2. The lowest BCUT2D eigenvalue weighted by Crippen LogP contribution is -2.01. The molecule has 0 heterocycles. The van der Waals surface area contributed by atoms with Crippen molar-refractivity contribution < 1.29 is 9.66 Å². The van der Waals surface area contributed by atoms with Crippen molar-refractivity contribution in [3.63, 3.8) is 0 Å². The number of non-ortho nitro benzene ring substituents is 1. The Balaban J connectivity index is 2.18. The largest absolute Gasteiger partial charge is 0.497 e. The van der Waals surface area contributed by atoms with Gasteiger partial charge in [0.1, 0.15) is 5.75 Å². The Hall–Kier alpha value is -1.79. The number of ether oxygens (including phenoxy) is 1. The molecule has 0 aliphatic heterocycles. The SMILES string of the molecule is COc1cc(Br)cc(NCc2cc([N+](=O)[O-])ccc2Cl)c1. The zero-order valence-electron chi connectivity index (χ0n) is 11.1. The van der Waals surface area contributed by atoms with E-state index in [-0.39, 0.29) is 5.69 Å². The Kier molecular flexibility index (Phi) is 5.03. The molecule has 2 aromatic rings. The Labute approximate surface area is 135 Å². The molecule has 0 saturated carbocycles. The molecule has 0 saturated heterocycles. The number of nitro benzene ring substituents is 1. The molecule has 0 aliphatic rings. The van der Waals surface area contributed by atoms with Crippen molar-refractivity contribution in [2.24, 2.45) is 0 Å². The lowest BCUT2D eigenvalue weighted by molar-refractivity contribution is -0.384. The molecule has 1 N–H and O–H groups in total. The minimum absolute atomic E-state index is 0.0167. The fraction of sp³-hybridized carbons (Fsp3) is 0.143. The van der Waals surface area contributed by atoms with Crippen molar-refractivity contribution in [1.29, 1.82) is 0 Å². The first kappa shape index (κ1) is 15.6. The maximum Gasteiger partial charge on any atom is 0.269 e. The average molecular weight is 372 g/mol. The lowest BCUT2D eigenvalue weighted by atomic mass is 10.2. The van der Waals surface area contributed by atoms with Crippen LogP contribution in [-0.2, 0) is 6.54 Å². The molecule has 0 aromatic heterocycles. The molecule has 5 nitrogen and oxygen atoms in total. The number of hydrogen-bond acceptors (Lipinski definition) is 4. The molecule has 21 heavy (non-hydrogen) atoms. The first-order valence-electron chi connectivity index (χ1n) is 6.01. The Morgan fingerprint density at radius 1 is 1.33 bits per heavy atom. The molecule has 0 aliphatic carbocycles. The Morgan fingerprint density at radius 2 is 2.10 bits per heavy atom. The van der Waals surface area contributed by atoms with Crippen LogP contribution in [0.4, 0.5) is 11.4 Å². The fourth-order valence-corrected chi connectivity index (χ4v) is 2.45. The summed E-state index contributed by atoms with van der Waals surface area (Å²) < 4.78 is 6.05. The summed E-state index contributed by atoms with van der Waals surface area (Å²) in [5, 5.41) is 14.4. The predicted molar refractivity (Wildman–Crippen MR) is 86.1 cm³/mol. The molecule has 2 aromatic carbocycles. The summed E-state index contributed by atoms with van der Waals surface area (Å²) in [5.74, 6) is 0.706. The summed E-state index contributed by atoms with van der Waals surface area (Å²) in [4.78, 5) is 10.3. The van der Waals surface area contributed by atoms with Crippen LogP contribution < -0.4 is 10.1 Å². The van der Waals surface area contributed by atoms with E-state index in [1.165, 1.54) is 18.2 Å². The fourth-order valence-electron chi connectivity index (χ4n) is 1.79. The molecular formula is C14H12BrClN2O3. The van der Waals surface area contributed by atoms with E-state index in [4.69, 9.17) is 16.3 Å². The van der Waals surface area contributed by atoms with Crippen molar-refractivity contribution in [3.05, 3.63) is 61.6 Å². The van der Waals surface area contributed by atoms with Gasteiger partial charge in [-0.25, -0.2) is 0 Å². The van der Waals surface area contributed by atoms with Gasteiger partial charge >= 0.3 is 0 Å². The molecule has 2 rings (SSSR count). The smallest absolute Gasteiger partial charge is 0.269 e. The van der Waals surface area contributed by atoms with E-state index >= 15 is 0 Å². The monoisotopic (exact) mass is 370 g/mol. The molecule has 110 valence electrons. The van der Waals surface area contributed by atoms with E-state index in [9.17, 15) is 10.1 Å². The number of anilines is 1. The number of nitrogens with one attached hydrogen (secondary N) is 1. The van der Waals surface area contributed by atoms with Crippen molar-refractivity contribution in [1.82, 2.24) is 0 Å². The maximum atomic E-state index is 10.8. The number of methoxy groups -OCH3 is 1. The minimum Gasteiger partial charge on any atom is -0.497 e. The zero-order chi connectivity index (χ0) is 15.4. The third kappa shape index (κ3) is 4.09. The highest BCUT2D eigenvalue weighted by Crippen LogP contribution is 2.26. The van der Waals surface area contributed by atoms with Crippen molar-refractivity contribution in [3.8, 4) is 5.75 Å². The summed E-state index contributed by atoms with van der Waals surface area (Å²) >= 11 is 9.45. The van der Waals surface area contributed by atoms with Gasteiger partial charge in [0.2, 0.25) is 0 Å². The molecule has 0 bridgehead atoms. The van der Waals surface area contributed by atoms with Gasteiger partial charge in [-0.1, -0.05) is 27.5 Å². The third-order valence-electron chi connectivity index (χ3n) is 2.83. The second kappa shape index (κ2) is 6.78. The van der Waals surface area contributed by atoms with Crippen LogP contribution in [0.3, 0.4) is 0 Å². The van der Waals surface area contributed by atoms with Crippen LogP contribution in [0.25, 0.3) is 0 Å². The van der Waals surface area contributed by atoms with E-state index in [0.717, 1.165) is 10.2 Å². The quantitative estimate of drug-likeness (QED) is 0.614. The number of benzene rings is 2. The zero-order valence-corrected chi connectivity index (χ0v) is 13.4. The Bertz CT molecular complexity index is 679. The van der Waals surface area contributed by atoms with E-state index in [1.807, 2.05) is 18.2 Å². The summed E-state index contributed by atoms with van der Waals surface area (Å²) in [7, 11) is 1.59. The van der Waals surface area contributed by atoms with Gasteiger partial charge in [0.25, 0.3) is 5.69 Å². The molecule has 0 atom stereocenters. The minimum atomic E-state index is -0.442. The highest BCUT2D eigenvalue weighted by molar-refractivity contribution is 9.10. The second-order valence-electron chi connectivity index (χ2n) is 4.27. The third-order valence-corrected chi connectivity index (χ3v) is 3.66. The van der Waals surface area contributed by atoms with E-state index in [0.29, 0.717) is 22.9 Å². The molecule has 0 radical (unpaired) electrons. The molecule has 7 heteroatoms. The highest BCUT2D eigenvalue weighted by Gasteiger charge is 2.10. The summed E-state index contributed by atoms with van der Waals surface area (Å²) in [6, 6.07) is 9.92. The molecule has 0 unspecified atom stereocenters. The topological polar surface area (TPSA) is 64.4 Å². The van der Waals surface area contributed by atoms with E-state index in [2.05, 4.69) is 21.2 Å². The summed E-state index contributed by atoms with van der Waals surface area (Å²) in [6.07, 6.45) is 0. The first-order valence-corrected chi connectivity index (χ1v) is 7.18. The maximum absolute atomic E-state index is 10.8. The van der Waals surface area contributed by atoms with Crippen molar-refractivity contribution >= 4 is 38.9 Å². The van der Waals surface area contributed by atoms with E-state index < -0.39 is 4.92 Å². The highest BCUT2D eigenvalue weighted by atomic mass is 79.9. The average Bonchev–Trinajstić information content (AvgIpc) is 2.45. The van der Waals surface area contributed by atoms with Crippen LogP contribution >= 0.6 is 27.5 Å². The van der Waals surface area contributed by atoms with Gasteiger partial charge in [-0.2, -0.15) is 0 Å². The van der Waals surface area contributed by atoms with Crippen LogP contribution in [0, 0.1) is 10.1 Å². The molecule has 0 fully saturated rings. The Morgan fingerprint density at radius 3 is 2.76 bits per heavy atom. The van der Waals surface area contributed by atoms with Crippen LogP contribution in [-0.4, -0.2) is 12.0 Å². The van der Waals surface area contributed by atoms with Gasteiger partial charge in [0, 0.05) is 39.9 Å². The van der Waals surface area contributed by atoms with Crippen LogP contribution in [0.2, 0.25) is 5.02 Å². The molecule has 0 spiro atoms. The predicted octanol–water partition coefficient (Wildman–Crippen LogP) is 4.63. The number of halogens is 2. The van der Waals surface area contributed by atoms with Gasteiger partial charge in [-0.15, -0.1) is 0 Å². The van der Waals surface area contributed by atoms with Crippen molar-refractivity contribution in [2.45, 2.75) is 6.54 Å². The van der Waals surface area contributed by atoms with Gasteiger partial charge in [-0.3, -0.25) is 10.1 Å². The second-order valence-corrected chi connectivity index (χ2v) is 5.59. The van der Waals surface area contributed by atoms with Crippen LogP contribution in [0.1, 0.15) is 5.56 Å². The number of rotatable bonds is 5. The van der Waals surface area contributed by atoms with Crippen LogP contribution in [0.5, 0.6) is 5.75 Å².